The average molecular weight is 260 g/mol. The average Bonchev–Trinajstić information content (AvgIpc) is 2.36. The van der Waals surface area contributed by atoms with Gasteiger partial charge in [0.2, 0.25) is 0 Å². The van der Waals surface area contributed by atoms with Crippen molar-refractivity contribution in [1.82, 2.24) is 0 Å². The van der Waals surface area contributed by atoms with Crippen molar-refractivity contribution in [2.24, 2.45) is 0 Å². The van der Waals surface area contributed by atoms with Gasteiger partial charge in [-0.2, -0.15) is 0 Å². The van der Waals surface area contributed by atoms with Crippen LogP contribution in [0, 0.1) is 11.2 Å². The zero-order valence-corrected chi connectivity index (χ0v) is 13.2. The van der Waals surface area contributed by atoms with Crippen molar-refractivity contribution < 1.29 is 0 Å². The normalized spacial score (nSPS) is 11.9. The molecule has 0 bridgehead atoms. The zero-order valence-electron chi connectivity index (χ0n) is 12.4. The van der Waals surface area contributed by atoms with Crippen LogP contribution in [0.4, 0.5) is 0 Å². The zero-order chi connectivity index (χ0) is 13.8. The van der Waals surface area contributed by atoms with Crippen molar-refractivity contribution >= 4 is 11.8 Å². The summed E-state index contributed by atoms with van der Waals surface area (Å²) in [6.07, 6.45) is 1.16. The molecule has 0 nitrogen and oxygen atoms in total. The monoisotopic (exact) mass is 260 g/mol. The van der Waals surface area contributed by atoms with Crippen molar-refractivity contribution in [2.45, 2.75) is 58.1 Å². The second kappa shape index (κ2) is 5.85. The molecule has 0 saturated heterocycles. The van der Waals surface area contributed by atoms with Crippen molar-refractivity contribution in [3.8, 4) is 11.2 Å². The summed E-state index contributed by atoms with van der Waals surface area (Å²) in [5, 5.41) is 3.11. The first kappa shape index (κ1) is 15.2. The molecule has 0 N–H and O–H groups in total. The smallest absolute Gasteiger partial charge is 0.0475 e. The molecule has 1 heteroatoms. The third kappa shape index (κ3) is 3.56. The maximum Gasteiger partial charge on any atom is 0.0475 e. The summed E-state index contributed by atoms with van der Waals surface area (Å²) in [5.74, 6) is 2.95. The van der Waals surface area contributed by atoms with Crippen LogP contribution in [0.5, 0.6) is 0 Å². The molecular formula is C17H24S. The molecule has 18 heavy (non-hydrogen) atoms. The van der Waals surface area contributed by atoms with E-state index in [4.69, 9.17) is 0 Å². The quantitative estimate of drug-likeness (QED) is 0.660. The van der Waals surface area contributed by atoms with E-state index in [0.717, 1.165) is 6.42 Å². The first-order valence-electron chi connectivity index (χ1n) is 6.54. The van der Waals surface area contributed by atoms with Gasteiger partial charge in [-0.15, -0.1) is 0 Å². The van der Waals surface area contributed by atoms with Crippen molar-refractivity contribution in [1.29, 1.82) is 0 Å². The Morgan fingerprint density at radius 3 is 1.94 bits per heavy atom. The third-order valence-corrected chi connectivity index (χ3v) is 4.71. The number of benzene rings is 1. The van der Waals surface area contributed by atoms with Gasteiger partial charge in [0.15, 0.2) is 0 Å². The molecule has 0 spiro atoms. The molecular weight excluding hydrogens is 236 g/mol. The molecule has 0 fully saturated rings. The molecule has 0 aliphatic rings. The van der Waals surface area contributed by atoms with E-state index in [2.05, 4.69) is 70.1 Å². The second-order valence-electron chi connectivity index (χ2n) is 5.78. The van der Waals surface area contributed by atoms with Crippen molar-refractivity contribution in [3.63, 3.8) is 0 Å². The molecule has 1 aromatic carbocycles. The van der Waals surface area contributed by atoms with Crippen LogP contribution in [-0.2, 0) is 10.2 Å². The minimum absolute atomic E-state index is 0.0535. The Hall–Kier alpha value is -0.870. The molecule has 1 aromatic rings. The Kier molecular flexibility index (Phi) is 4.93. The van der Waals surface area contributed by atoms with Gasteiger partial charge in [-0.25, -0.2) is 0 Å². The van der Waals surface area contributed by atoms with Crippen molar-refractivity contribution in [3.05, 3.63) is 35.4 Å². The van der Waals surface area contributed by atoms with Crippen LogP contribution in [0.1, 0.15) is 59.1 Å². The molecule has 0 atom stereocenters. The van der Waals surface area contributed by atoms with Crippen LogP contribution in [0.3, 0.4) is 0 Å². The standard InChI is InChI=1S/C17H24S/c1-7-13-18-17(5,6)15-11-9-14(10-12-15)16(3,4)8-2/h9-12H,8H2,1-6H3. The largest absolute Gasteiger partial charge is 0.0947 e. The summed E-state index contributed by atoms with van der Waals surface area (Å²) in [5.41, 5.74) is 3.01. The molecule has 0 saturated carbocycles. The fourth-order valence-corrected chi connectivity index (χ4v) is 2.38. The first-order valence-corrected chi connectivity index (χ1v) is 7.36. The molecule has 0 aromatic heterocycles. The lowest BCUT2D eigenvalue weighted by Crippen LogP contribution is -2.16. The Bertz CT molecular complexity index is 441. The minimum Gasteiger partial charge on any atom is -0.0947 e. The van der Waals surface area contributed by atoms with Crippen LogP contribution < -0.4 is 0 Å². The molecule has 0 aliphatic carbocycles. The van der Waals surface area contributed by atoms with Crippen LogP contribution in [-0.4, -0.2) is 0 Å². The van der Waals surface area contributed by atoms with Crippen molar-refractivity contribution in [2.75, 3.05) is 0 Å². The lowest BCUT2D eigenvalue weighted by atomic mass is 9.81. The maximum absolute atomic E-state index is 3.11. The van der Waals surface area contributed by atoms with E-state index in [1.54, 1.807) is 11.8 Å². The van der Waals surface area contributed by atoms with Gasteiger partial charge in [0.25, 0.3) is 0 Å². The summed E-state index contributed by atoms with van der Waals surface area (Å²) < 4.78 is 0.0535. The van der Waals surface area contributed by atoms with Gasteiger partial charge < -0.3 is 0 Å². The van der Waals surface area contributed by atoms with Crippen LogP contribution in [0.25, 0.3) is 0 Å². The number of hydrogen-bond donors (Lipinski definition) is 0. The number of thioether (sulfide) groups is 1. The van der Waals surface area contributed by atoms with Gasteiger partial charge in [-0.05, 0) is 49.0 Å². The minimum atomic E-state index is 0.0535. The SMILES string of the molecule is CC#CSC(C)(C)c1ccc(C(C)(C)CC)cc1. The second-order valence-corrected chi connectivity index (χ2v) is 7.21. The van der Waals surface area contributed by atoms with E-state index in [1.165, 1.54) is 11.1 Å². The summed E-state index contributed by atoms with van der Waals surface area (Å²) in [4.78, 5) is 0. The number of rotatable bonds is 4. The van der Waals surface area contributed by atoms with E-state index >= 15 is 0 Å². The molecule has 0 aliphatic heterocycles. The lowest BCUT2D eigenvalue weighted by Gasteiger charge is -2.26. The van der Waals surface area contributed by atoms with E-state index in [0.29, 0.717) is 0 Å². The Labute approximate surface area is 117 Å². The van der Waals surface area contributed by atoms with E-state index in [-0.39, 0.29) is 10.2 Å². The van der Waals surface area contributed by atoms with Gasteiger partial charge in [-0.3, -0.25) is 0 Å². The summed E-state index contributed by atoms with van der Waals surface area (Å²) in [7, 11) is 0. The third-order valence-electron chi connectivity index (χ3n) is 3.65. The predicted octanol–water partition coefficient (Wildman–Crippen LogP) is 5.32. The van der Waals surface area contributed by atoms with Gasteiger partial charge in [0, 0.05) is 4.75 Å². The first-order chi connectivity index (χ1) is 8.33. The molecule has 1 rings (SSSR count). The highest BCUT2D eigenvalue weighted by Crippen LogP contribution is 2.36. The highest BCUT2D eigenvalue weighted by atomic mass is 32.2. The Morgan fingerprint density at radius 2 is 1.50 bits per heavy atom. The molecule has 0 radical (unpaired) electrons. The predicted molar refractivity (Wildman–Crippen MR) is 83.8 cm³/mol. The van der Waals surface area contributed by atoms with Crippen LogP contribution >= 0.6 is 11.8 Å². The number of hydrogen-bond acceptors (Lipinski definition) is 1. The fourth-order valence-electron chi connectivity index (χ4n) is 1.76. The van der Waals surface area contributed by atoms with Gasteiger partial charge in [0.05, 0.1) is 0 Å². The summed E-state index contributed by atoms with van der Waals surface area (Å²) in [6, 6.07) is 9.02. The highest BCUT2D eigenvalue weighted by Gasteiger charge is 2.22. The summed E-state index contributed by atoms with van der Waals surface area (Å²) in [6.45, 7) is 13.2. The van der Waals surface area contributed by atoms with Crippen LogP contribution in [0.2, 0.25) is 0 Å². The van der Waals surface area contributed by atoms with Gasteiger partial charge in [-0.1, -0.05) is 62.7 Å². The Balaban J connectivity index is 2.98. The van der Waals surface area contributed by atoms with Gasteiger partial charge in [0.1, 0.15) is 0 Å². The van der Waals surface area contributed by atoms with Gasteiger partial charge >= 0.3 is 0 Å². The highest BCUT2D eigenvalue weighted by molar-refractivity contribution is 8.04. The van der Waals surface area contributed by atoms with E-state index in [9.17, 15) is 0 Å². The van der Waals surface area contributed by atoms with Crippen LogP contribution in [0.15, 0.2) is 24.3 Å². The molecule has 98 valence electrons. The fraction of sp³-hybridized carbons (Fsp3) is 0.529. The van der Waals surface area contributed by atoms with E-state index in [1.807, 2.05) is 6.92 Å². The topological polar surface area (TPSA) is 0 Å². The maximum atomic E-state index is 3.11. The summed E-state index contributed by atoms with van der Waals surface area (Å²) >= 11 is 1.69. The lowest BCUT2D eigenvalue weighted by molar-refractivity contribution is 0.506. The molecule has 0 heterocycles. The molecule has 0 unspecified atom stereocenters. The Morgan fingerprint density at radius 1 is 1.00 bits per heavy atom. The molecule has 0 amide bonds. The van der Waals surface area contributed by atoms with E-state index < -0.39 is 0 Å².